The molecule has 0 aliphatic carbocycles. The van der Waals surface area contributed by atoms with E-state index >= 15 is 0 Å². The van der Waals surface area contributed by atoms with E-state index in [1.807, 2.05) is 0 Å². The summed E-state index contributed by atoms with van der Waals surface area (Å²) < 4.78 is 40.7. The van der Waals surface area contributed by atoms with E-state index in [-0.39, 0.29) is 36.7 Å². The molecule has 1 saturated heterocycles. The smallest absolute Gasteiger partial charge is 0.406 e. The first-order valence-electron chi connectivity index (χ1n) is 8.27. The van der Waals surface area contributed by atoms with E-state index in [0.29, 0.717) is 24.9 Å². The first-order chi connectivity index (χ1) is 12.1. The van der Waals surface area contributed by atoms with Gasteiger partial charge in [-0.15, -0.1) is 13.2 Å². The van der Waals surface area contributed by atoms with Crippen molar-refractivity contribution in [2.45, 2.75) is 38.7 Å². The molecule has 2 amide bonds. The van der Waals surface area contributed by atoms with Crippen LogP contribution in [0.25, 0.3) is 0 Å². The fourth-order valence-electron chi connectivity index (χ4n) is 2.88. The number of amides is 2. The molecule has 3 N–H and O–H groups in total. The molecule has 1 aromatic rings. The van der Waals surface area contributed by atoms with Gasteiger partial charge < -0.3 is 20.7 Å². The zero-order valence-corrected chi connectivity index (χ0v) is 14.4. The monoisotopic (exact) mass is 373 g/mol. The second kappa shape index (κ2) is 8.39. The molecule has 26 heavy (non-hydrogen) atoms. The zero-order valence-electron chi connectivity index (χ0n) is 14.4. The van der Waals surface area contributed by atoms with Gasteiger partial charge in [-0.3, -0.25) is 9.59 Å². The molecule has 1 heterocycles. The molecule has 0 radical (unpaired) electrons. The van der Waals surface area contributed by atoms with Gasteiger partial charge in [0.2, 0.25) is 11.8 Å². The standard InChI is InChI=1S/C17H22F3N3O3/c1-11(24)23-9-13(5-6-14(21)10-23)16(25)22-8-12-3-2-4-15(7-12)26-17(18,19)20/h2-4,7,13-14H,5-6,8-10,21H2,1H3,(H,22,25)/t13-,14+/m1/s1. The molecule has 0 spiro atoms. The number of likely N-dealkylation sites (tertiary alicyclic amines) is 1. The molecular weight excluding hydrogens is 351 g/mol. The molecule has 1 aromatic carbocycles. The van der Waals surface area contributed by atoms with Gasteiger partial charge >= 0.3 is 6.36 Å². The molecule has 0 saturated carbocycles. The molecule has 1 aliphatic rings. The van der Waals surface area contributed by atoms with Crippen molar-refractivity contribution in [3.8, 4) is 5.75 Å². The van der Waals surface area contributed by atoms with E-state index in [9.17, 15) is 22.8 Å². The van der Waals surface area contributed by atoms with Crippen LogP contribution in [0.5, 0.6) is 5.75 Å². The number of carbonyl (C=O) groups is 2. The molecule has 144 valence electrons. The summed E-state index contributed by atoms with van der Waals surface area (Å²) in [6, 6.07) is 5.25. The van der Waals surface area contributed by atoms with Gasteiger partial charge in [0.15, 0.2) is 0 Å². The SMILES string of the molecule is CC(=O)N1C[C@@H](N)CC[C@@H](C(=O)NCc2cccc(OC(F)(F)F)c2)C1. The van der Waals surface area contributed by atoms with Crippen LogP contribution in [0.2, 0.25) is 0 Å². The number of hydrogen-bond acceptors (Lipinski definition) is 4. The van der Waals surface area contributed by atoms with Crippen LogP contribution in [-0.4, -0.2) is 42.2 Å². The van der Waals surface area contributed by atoms with Gasteiger partial charge in [-0.1, -0.05) is 12.1 Å². The predicted octanol–water partition coefficient (Wildman–Crippen LogP) is 1.79. The first-order valence-corrected chi connectivity index (χ1v) is 8.27. The maximum absolute atomic E-state index is 12.4. The van der Waals surface area contributed by atoms with E-state index in [1.165, 1.54) is 25.1 Å². The third kappa shape index (κ3) is 6.21. The minimum atomic E-state index is -4.77. The Balaban J connectivity index is 1.95. The number of ether oxygens (including phenoxy) is 1. The summed E-state index contributed by atoms with van der Waals surface area (Å²) in [6.07, 6.45) is -3.60. The second-order valence-corrected chi connectivity index (χ2v) is 6.37. The fraction of sp³-hybridized carbons (Fsp3) is 0.529. The highest BCUT2D eigenvalue weighted by Gasteiger charge is 2.31. The zero-order chi connectivity index (χ0) is 19.3. The Bertz CT molecular complexity index is 652. The van der Waals surface area contributed by atoms with Crippen LogP contribution in [0, 0.1) is 5.92 Å². The van der Waals surface area contributed by atoms with Gasteiger partial charge in [0.1, 0.15) is 5.75 Å². The van der Waals surface area contributed by atoms with Crippen molar-refractivity contribution in [3.63, 3.8) is 0 Å². The molecule has 0 bridgehead atoms. The summed E-state index contributed by atoms with van der Waals surface area (Å²) in [5, 5.41) is 2.71. The lowest BCUT2D eigenvalue weighted by atomic mass is 10.0. The van der Waals surface area contributed by atoms with Crippen LogP contribution in [0.1, 0.15) is 25.3 Å². The van der Waals surface area contributed by atoms with Crippen molar-refractivity contribution >= 4 is 11.8 Å². The van der Waals surface area contributed by atoms with Gasteiger partial charge in [0, 0.05) is 32.6 Å². The average Bonchev–Trinajstić information content (AvgIpc) is 2.73. The molecule has 1 aliphatic heterocycles. The number of halogens is 3. The van der Waals surface area contributed by atoms with Gasteiger partial charge in [0.05, 0.1) is 5.92 Å². The van der Waals surface area contributed by atoms with Crippen LogP contribution in [0.4, 0.5) is 13.2 Å². The van der Waals surface area contributed by atoms with Crippen molar-refractivity contribution in [1.82, 2.24) is 10.2 Å². The topological polar surface area (TPSA) is 84.7 Å². The lowest BCUT2D eigenvalue weighted by molar-refractivity contribution is -0.274. The average molecular weight is 373 g/mol. The lowest BCUT2D eigenvalue weighted by Gasteiger charge is -2.23. The highest BCUT2D eigenvalue weighted by Crippen LogP contribution is 2.23. The van der Waals surface area contributed by atoms with Crippen molar-refractivity contribution in [2.75, 3.05) is 13.1 Å². The minimum absolute atomic E-state index is 0.0660. The van der Waals surface area contributed by atoms with E-state index in [4.69, 9.17) is 5.73 Å². The summed E-state index contributed by atoms with van der Waals surface area (Å²) >= 11 is 0. The first kappa shape index (κ1) is 20.0. The quantitative estimate of drug-likeness (QED) is 0.843. The Hall–Kier alpha value is -2.29. The summed E-state index contributed by atoms with van der Waals surface area (Å²) in [4.78, 5) is 25.6. The van der Waals surface area contributed by atoms with Crippen molar-refractivity contribution in [1.29, 1.82) is 0 Å². The summed E-state index contributed by atoms with van der Waals surface area (Å²) in [6.45, 7) is 2.19. The normalized spacial score (nSPS) is 21.0. The highest BCUT2D eigenvalue weighted by atomic mass is 19.4. The fourth-order valence-corrected chi connectivity index (χ4v) is 2.88. The predicted molar refractivity (Wildman–Crippen MR) is 87.9 cm³/mol. The summed E-state index contributed by atoms with van der Waals surface area (Å²) in [7, 11) is 0. The van der Waals surface area contributed by atoms with E-state index < -0.39 is 12.3 Å². The molecule has 9 heteroatoms. The third-order valence-corrected chi connectivity index (χ3v) is 4.20. The van der Waals surface area contributed by atoms with Gasteiger partial charge in [-0.25, -0.2) is 0 Å². The number of rotatable bonds is 4. The Morgan fingerprint density at radius 2 is 2.04 bits per heavy atom. The lowest BCUT2D eigenvalue weighted by Crippen LogP contribution is -2.42. The van der Waals surface area contributed by atoms with Crippen LogP contribution in [0.3, 0.4) is 0 Å². The number of nitrogens with one attached hydrogen (secondary N) is 1. The van der Waals surface area contributed by atoms with Crippen molar-refractivity contribution in [3.05, 3.63) is 29.8 Å². The second-order valence-electron chi connectivity index (χ2n) is 6.37. The molecular formula is C17H22F3N3O3. The number of nitrogens with two attached hydrogens (primary N) is 1. The maximum Gasteiger partial charge on any atom is 0.573 e. The van der Waals surface area contributed by atoms with Crippen LogP contribution >= 0.6 is 0 Å². The summed E-state index contributed by atoms with van der Waals surface area (Å²) in [5.41, 5.74) is 6.41. The van der Waals surface area contributed by atoms with E-state index in [1.54, 1.807) is 11.0 Å². The Morgan fingerprint density at radius 3 is 2.69 bits per heavy atom. The molecule has 0 aromatic heterocycles. The van der Waals surface area contributed by atoms with Gasteiger partial charge in [0.25, 0.3) is 0 Å². The highest BCUT2D eigenvalue weighted by molar-refractivity contribution is 5.80. The molecule has 1 fully saturated rings. The largest absolute Gasteiger partial charge is 0.573 e. The van der Waals surface area contributed by atoms with E-state index in [0.717, 1.165) is 0 Å². The Morgan fingerprint density at radius 1 is 1.31 bits per heavy atom. The maximum atomic E-state index is 12.4. The number of benzene rings is 1. The van der Waals surface area contributed by atoms with Gasteiger partial charge in [-0.2, -0.15) is 0 Å². The Labute approximate surface area is 149 Å². The number of hydrogen-bond donors (Lipinski definition) is 2. The minimum Gasteiger partial charge on any atom is -0.406 e. The molecule has 2 rings (SSSR count). The Kier molecular flexibility index (Phi) is 6.47. The molecule has 2 atom stereocenters. The van der Waals surface area contributed by atoms with Gasteiger partial charge in [-0.05, 0) is 30.5 Å². The van der Waals surface area contributed by atoms with Crippen LogP contribution in [-0.2, 0) is 16.1 Å². The van der Waals surface area contributed by atoms with Crippen molar-refractivity contribution < 1.29 is 27.5 Å². The number of carbonyl (C=O) groups excluding carboxylic acids is 2. The number of alkyl halides is 3. The van der Waals surface area contributed by atoms with Crippen molar-refractivity contribution in [2.24, 2.45) is 11.7 Å². The van der Waals surface area contributed by atoms with Crippen LogP contribution < -0.4 is 15.8 Å². The molecule has 0 unspecified atom stereocenters. The van der Waals surface area contributed by atoms with E-state index in [2.05, 4.69) is 10.1 Å². The summed E-state index contributed by atoms with van der Waals surface area (Å²) in [5.74, 6) is -1.14. The van der Waals surface area contributed by atoms with Crippen LogP contribution in [0.15, 0.2) is 24.3 Å². The molecule has 6 nitrogen and oxygen atoms in total. The number of nitrogens with zero attached hydrogens (tertiary/aromatic N) is 1. The third-order valence-electron chi connectivity index (χ3n) is 4.20.